The molecule has 2 heterocycles. The summed E-state index contributed by atoms with van der Waals surface area (Å²) in [5.41, 5.74) is 6.42. The Balaban J connectivity index is 1.75. The van der Waals surface area contributed by atoms with Crippen molar-refractivity contribution in [3.63, 3.8) is 0 Å². The predicted molar refractivity (Wildman–Crippen MR) is 129 cm³/mol. The molecule has 1 fully saturated rings. The molecule has 0 spiro atoms. The number of nitrogens with one attached hydrogen (secondary N) is 2. The maximum Gasteiger partial charge on any atom is 0.134 e. The highest BCUT2D eigenvalue weighted by Gasteiger charge is 2.18. The summed E-state index contributed by atoms with van der Waals surface area (Å²) in [6.45, 7) is 12.1. The van der Waals surface area contributed by atoms with Crippen molar-refractivity contribution in [2.24, 2.45) is 0 Å². The molecule has 164 valence electrons. The molecular formula is C26H34N4O. The first-order chi connectivity index (χ1) is 14.9. The molecule has 1 saturated heterocycles. The first-order valence-electron chi connectivity index (χ1n) is 11.0. The number of carbonyl (C=O) groups is 1. The van der Waals surface area contributed by atoms with Crippen LogP contribution >= 0.6 is 0 Å². The Morgan fingerprint density at radius 1 is 1.32 bits per heavy atom. The van der Waals surface area contributed by atoms with Gasteiger partial charge in [0.1, 0.15) is 11.6 Å². The molecule has 0 bridgehead atoms. The number of hydrogen-bond acceptors (Lipinski definition) is 5. The molecule has 5 heteroatoms. The van der Waals surface area contributed by atoms with Crippen molar-refractivity contribution in [2.45, 2.75) is 46.1 Å². The van der Waals surface area contributed by atoms with E-state index >= 15 is 0 Å². The van der Waals surface area contributed by atoms with Crippen LogP contribution in [0.25, 0.3) is 11.1 Å². The average Bonchev–Trinajstić information content (AvgIpc) is 3.29. The Hall–Kier alpha value is -2.92. The van der Waals surface area contributed by atoms with Crippen LogP contribution in [0.4, 0.5) is 5.82 Å². The zero-order valence-electron chi connectivity index (χ0n) is 19.2. The fourth-order valence-corrected chi connectivity index (χ4v) is 3.82. The van der Waals surface area contributed by atoms with Crippen LogP contribution in [0.5, 0.6) is 0 Å². The maximum atomic E-state index is 11.4. The number of rotatable bonds is 9. The van der Waals surface area contributed by atoms with E-state index in [2.05, 4.69) is 72.4 Å². The van der Waals surface area contributed by atoms with Crippen molar-refractivity contribution in [1.82, 2.24) is 15.2 Å². The number of likely N-dealkylation sites (N-methyl/N-ethyl adjacent to an activating group) is 1. The van der Waals surface area contributed by atoms with Crippen molar-refractivity contribution in [1.29, 1.82) is 0 Å². The summed E-state index contributed by atoms with van der Waals surface area (Å²) in [7, 11) is 2.12. The Morgan fingerprint density at radius 3 is 2.68 bits per heavy atom. The highest BCUT2D eigenvalue weighted by Crippen LogP contribution is 2.24. The molecule has 31 heavy (non-hydrogen) atoms. The number of Topliss-reactive ketones (excluding diaryl/α,β-unsaturated/α-hetero) is 1. The minimum absolute atomic E-state index is 0.181. The van der Waals surface area contributed by atoms with Crippen LogP contribution < -0.4 is 10.6 Å². The number of hydrogen-bond donors (Lipinski definition) is 2. The summed E-state index contributed by atoms with van der Waals surface area (Å²) in [6.07, 6.45) is 6.54. The molecule has 5 nitrogen and oxygen atoms in total. The lowest BCUT2D eigenvalue weighted by Crippen LogP contribution is -2.30. The first kappa shape index (κ1) is 22.8. The summed E-state index contributed by atoms with van der Waals surface area (Å²) in [4.78, 5) is 18.3. The molecule has 1 aromatic carbocycles. The molecule has 0 amide bonds. The molecule has 2 aromatic rings. The van der Waals surface area contributed by atoms with E-state index in [1.807, 2.05) is 18.3 Å². The first-order valence-corrected chi connectivity index (χ1v) is 11.0. The smallest absolute Gasteiger partial charge is 0.134 e. The summed E-state index contributed by atoms with van der Waals surface area (Å²) in [6, 6.07) is 10.8. The number of carbonyl (C=O) groups excluding carboxylic acids is 1. The van der Waals surface area contributed by atoms with E-state index in [0.29, 0.717) is 12.5 Å². The number of anilines is 1. The van der Waals surface area contributed by atoms with Crippen LogP contribution in [-0.2, 0) is 11.2 Å². The number of aromatic nitrogens is 1. The summed E-state index contributed by atoms with van der Waals surface area (Å²) >= 11 is 0. The zero-order chi connectivity index (χ0) is 22.4. The molecule has 0 radical (unpaired) electrons. The molecule has 1 aromatic heterocycles. The average molecular weight is 419 g/mol. The van der Waals surface area contributed by atoms with Gasteiger partial charge in [0, 0.05) is 44.0 Å². The monoisotopic (exact) mass is 418 g/mol. The van der Waals surface area contributed by atoms with Gasteiger partial charge in [0.15, 0.2) is 0 Å². The quantitative estimate of drug-likeness (QED) is 0.578. The molecule has 1 unspecified atom stereocenters. The van der Waals surface area contributed by atoms with E-state index in [4.69, 9.17) is 0 Å². The maximum absolute atomic E-state index is 11.4. The summed E-state index contributed by atoms with van der Waals surface area (Å²) < 4.78 is 0. The van der Waals surface area contributed by atoms with Crippen LogP contribution in [0.3, 0.4) is 0 Å². The number of nitrogens with zero attached hydrogens (tertiary/aromatic N) is 2. The van der Waals surface area contributed by atoms with Gasteiger partial charge in [-0.2, -0.15) is 0 Å². The molecular weight excluding hydrogens is 384 g/mol. The minimum Gasteiger partial charge on any atom is -0.374 e. The third-order valence-electron chi connectivity index (χ3n) is 5.89. The zero-order valence-corrected chi connectivity index (χ0v) is 19.2. The number of ketones is 1. The lowest BCUT2D eigenvalue weighted by molar-refractivity contribution is -0.116. The van der Waals surface area contributed by atoms with Gasteiger partial charge in [-0.3, -0.25) is 4.79 Å². The highest BCUT2D eigenvalue weighted by molar-refractivity contribution is 5.79. The van der Waals surface area contributed by atoms with Crippen LogP contribution in [0, 0.1) is 6.92 Å². The van der Waals surface area contributed by atoms with Gasteiger partial charge >= 0.3 is 0 Å². The van der Waals surface area contributed by atoms with E-state index in [-0.39, 0.29) is 5.78 Å². The van der Waals surface area contributed by atoms with Gasteiger partial charge in [-0.15, -0.1) is 0 Å². The Morgan fingerprint density at radius 2 is 2.10 bits per heavy atom. The lowest BCUT2D eigenvalue weighted by atomic mass is 9.98. The van der Waals surface area contributed by atoms with Crippen LogP contribution in [0.15, 0.2) is 60.6 Å². The predicted octanol–water partition coefficient (Wildman–Crippen LogP) is 4.70. The molecule has 2 N–H and O–H groups in total. The Kier molecular flexibility index (Phi) is 7.64. The second kappa shape index (κ2) is 10.4. The number of allylic oxidation sites excluding steroid dienone is 1. The van der Waals surface area contributed by atoms with Gasteiger partial charge in [0.25, 0.3) is 0 Å². The van der Waals surface area contributed by atoms with Crippen molar-refractivity contribution in [3.05, 3.63) is 71.7 Å². The number of pyridine rings is 1. The third-order valence-corrected chi connectivity index (χ3v) is 5.89. The van der Waals surface area contributed by atoms with Gasteiger partial charge in [0.2, 0.25) is 0 Å². The Labute approximate surface area is 186 Å². The van der Waals surface area contributed by atoms with Crippen LogP contribution in [0.1, 0.15) is 37.8 Å². The minimum atomic E-state index is 0.181. The normalized spacial score (nSPS) is 16.3. The van der Waals surface area contributed by atoms with Gasteiger partial charge in [-0.1, -0.05) is 31.7 Å². The van der Waals surface area contributed by atoms with Gasteiger partial charge in [-0.25, -0.2) is 4.98 Å². The SMILES string of the molecule is C=C(CC)/C(=C\N(C)C1CCNC1)Nc1ccc(-c2ccc(CC(C)=O)c(C)c2)cn1. The van der Waals surface area contributed by atoms with Gasteiger partial charge < -0.3 is 15.5 Å². The lowest BCUT2D eigenvalue weighted by Gasteiger charge is -2.24. The van der Waals surface area contributed by atoms with Gasteiger partial charge in [-0.05, 0) is 67.6 Å². The van der Waals surface area contributed by atoms with Crippen LogP contribution in [-0.4, -0.2) is 41.8 Å². The van der Waals surface area contributed by atoms with Gasteiger partial charge in [0.05, 0.1) is 5.70 Å². The van der Waals surface area contributed by atoms with E-state index < -0.39 is 0 Å². The van der Waals surface area contributed by atoms with Crippen molar-refractivity contribution in [2.75, 3.05) is 25.5 Å². The highest BCUT2D eigenvalue weighted by atomic mass is 16.1. The molecule has 1 aliphatic rings. The van der Waals surface area contributed by atoms with Crippen molar-refractivity contribution in [3.8, 4) is 11.1 Å². The fourth-order valence-electron chi connectivity index (χ4n) is 3.82. The van der Waals surface area contributed by atoms with E-state index in [0.717, 1.165) is 65.3 Å². The van der Waals surface area contributed by atoms with Crippen LogP contribution in [0.2, 0.25) is 0 Å². The molecule has 1 aliphatic heterocycles. The molecule has 0 aliphatic carbocycles. The largest absolute Gasteiger partial charge is 0.374 e. The van der Waals surface area contributed by atoms with Crippen molar-refractivity contribution < 1.29 is 4.79 Å². The molecule has 3 rings (SSSR count). The number of benzene rings is 1. The Bertz CT molecular complexity index is 956. The van der Waals surface area contributed by atoms with E-state index in [1.165, 1.54) is 0 Å². The molecule has 0 saturated carbocycles. The second-order valence-electron chi connectivity index (χ2n) is 8.39. The fraction of sp³-hybridized carbons (Fsp3) is 0.385. The van der Waals surface area contributed by atoms with Crippen molar-refractivity contribution >= 4 is 11.6 Å². The number of aryl methyl sites for hydroxylation is 1. The topological polar surface area (TPSA) is 57.3 Å². The summed E-state index contributed by atoms with van der Waals surface area (Å²) in [5.74, 6) is 0.979. The van der Waals surface area contributed by atoms with E-state index in [1.54, 1.807) is 6.92 Å². The second-order valence-corrected chi connectivity index (χ2v) is 8.39. The third kappa shape index (κ3) is 6.05. The molecule has 1 atom stereocenters. The standard InChI is InChI=1S/C26H34N4O/c1-6-18(2)25(17-30(5)24-11-12-27-16-24)29-26-10-9-23(15-28-26)22-8-7-21(14-20(4)31)19(3)13-22/h7-10,13,15,17,24,27H,2,6,11-12,14,16H2,1,3-5H3,(H,28,29)/b25-17+. The van der Waals surface area contributed by atoms with E-state index in [9.17, 15) is 4.79 Å². The summed E-state index contributed by atoms with van der Waals surface area (Å²) in [5, 5.41) is 6.87.